The van der Waals surface area contributed by atoms with Gasteiger partial charge in [0.25, 0.3) is 0 Å². The van der Waals surface area contributed by atoms with Gasteiger partial charge in [-0.25, -0.2) is 9.97 Å². The quantitative estimate of drug-likeness (QED) is 0.0690. The van der Waals surface area contributed by atoms with Crippen LogP contribution in [0.2, 0.25) is 0 Å². The molecule has 18 aromatic rings. The molecule has 3 heterocycles. The molecule has 6 nitrogen and oxygen atoms in total. The Labute approximate surface area is 700 Å². The van der Waals surface area contributed by atoms with Gasteiger partial charge in [0, 0.05) is 72.1 Å². The number of para-hydroxylation sites is 2. The fraction of sp³-hybridized carbons (Fsp3) is 0.109. The van der Waals surface area contributed by atoms with E-state index in [-0.39, 0.29) is 10.8 Å². The van der Waals surface area contributed by atoms with Crippen molar-refractivity contribution in [1.82, 2.24) is 9.97 Å². The lowest BCUT2D eigenvalue weighted by Crippen LogP contribution is -2.41. The van der Waals surface area contributed by atoms with Crippen LogP contribution in [-0.2, 0) is 20.1 Å². The van der Waals surface area contributed by atoms with Crippen LogP contribution >= 0.6 is 15.9 Å². The third-order valence-electron chi connectivity index (χ3n) is 24.7. The minimum Gasteiger partial charge on any atom is -0.399 e. The number of rotatable bonds is 12. The van der Waals surface area contributed by atoms with E-state index in [0.717, 1.165) is 99.5 Å². The molecule has 2 aliphatic carbocycles. The van der Waals surface area contributed by atoms with E-state index in [1.54, 1.807) is 0 Å². The summed E-state index contributed by atoms with van der Waals surface area (Å²) < 4.78 is 13.7. The smallest absolute Gasteiger partial charge is 0.399 e. The van der Waals surface area contributed by atoms with Crippen molar-refractivity contribution in [2.45, 2.75) is 77.4 Å². The standard InChI is InChI=1S/C52H38N2.C45H42BNO2.C13H8BrN/c1-52(2)48-24-10-8-21-44(48)45-31-30-42(34-49(45)52)54(40-28-26-36(27-29-40)35-14-4-3-5-15-35)41-19-13-17-38(33-41)37-16-12-18-39(32-37)51-47-23-7-6-20-43(47)46-22-9-11-25-50(46)53-51;1-43(2)41-21-11-10-20-39(41)40-27-26-38(30-42(40)43)47(36-24-22-32(23-25-36)31-14-8-7-9-15-31)37-19-13-17-34(29-37)33-16-12-18-35(28-33)46-48-44(3,4)45(5,6)49-46;14-13-11-7-2-1-5-9(11)10-6-3-4-8-12(10)15-13/h3-34H,1-2H3;7-30H,1-6H3;1-8H. The molecular weight excluding hydrogens is 1500 g/mol. The Balaban J connectivity index is 0.000000133. The minimum atomic E-state index is -0.411. The molecule has 3 aliphatic rings. The van der Waals surface area contributed by atoms with Crippen LogP contribution in [0.5, 0.6) is 0 Å². The number of anilines is 6. The molecule has 0 atom stereocenters. The van der Waals surface area contributed by atoms with Crippen LogP contribution in [0.15, 0.2) is 393 Å². The highest BCUT2D eigenvalue weighted by Gasteiger charge is 2.52. The molecule has 2 aromatic heterocycles. The second-order valence-electron chi connectivity index (χ2n) is 33.2. The number of hydrogen-bond donors (Lipinski definition) is 0. The Bertz CT molecular complexity index is 6840. The van der Waals surface area contributed by atoms with Gasteiger partial charge in [0.2, 0.25) is 0 Å². The van der Waals surface area contributed by atoms with Crippen LogP contribution in [-0.4, -0.2) is 28.3 Å². The van der Waals surface area contributed by atoms with E-state index in [1.165, 1.54) is 88.3 Å². The number of hydrogen-bond acceptors (Lipinski definition) is 6. The Morgan fingerprint density at radius 1 is 0.246 bits per heavy atom. The molecule has 21 rings (SSSR count). The summed E-state index contributed by atoms with van der Waals surface area (Å²) in [5.74, 6) is 0. The first kappa shape index (κ1) is 75.0. The zero-order valence-electron chi connectivity index (χ0n) is 67.5. The Kier molecular flexibility index (Phi) is 19.4. The first-order valence-electron chi connectivity index (χ1n) is 40.8. The van der Waals surface area contributed by atoms with E-state index in [0.29, 0.717) is 0 Å². The van der Waals surface area contributed by atoms with Crippen molar-refractivity contribution < 1.29 is 9.31 Å². The number of halogens is 1. The molecule has 0 saturated carbocycles. The second-order valence-corrected chi connectivity index (χ2v) is 33.9. The molecule has 1 fully saturated rings. The topological polar surface area (TPSA) is 50.7 Å². The first-order chi connectivity index (χ1) is 57.4. The van der Waals surface area contributed by atoms with E-state index in [9.17, 15) is 0 Å². The molecule has 0 unspecified atom stereocenters. The third kappa shape index (κ3) is 13.8. The van der Waals surface area contributed by atoms with E-state index in [4.69, 9.17) is 14.3 Å². The van der Waals surface area contributed by atoms with Crippen LogP contribution in [0.1, 0.15) is 77.6 Å². The maximum Gasteiger partial charge on any atom is 0.494 e. The van der Waals surface area contributed by atoms with Gasteiger partial charge >= 0.3 is 7.12 Å². The minimum absolute atomic E-state index is 0.0967. The van der Waals surface area contributed by atoms with Crippen molar-refractivity contribution in [2.75, 3.05) is 9.80 Å². The molecule has 0 spiro atoms. The maximum absolute atomic E-state index is 6.41. The predicted octanol–water partition coefficient (Wildman–Crippen LogP) is 29.4. The molecule has 118 heavy (non-hydrogen) atoms. The van der Waals surface area contributed by atoms with E-state index >= 15 is 0 Å². The Morgan fingerprint density at radius 2 is 0.585 bits per heavy atom. The van der Waals surface area contributed by atoms with Gasteiger partial charge in [-0.1, -0.05) is 325 Å². The van der Waals surface area contributed by atoms with Crippen molar-refractivity contribution in [3.63, 3.8) is 0 Å². The van der Waals surface area contributed by atoms with Crippen molar-refractivity contribution >= 4 is 106 Å². The number of nitrogens with zero attached hydrogens (tertiary/aromatic N) is 4. The summed E-state index contributed by atoms with van der Waals surface area (Å²) in [6.07, 6.45) is 0. The lowest BCUT2D eigenvalue weighted by Gasteiger charge is -2.32. The Hall–Kier alpha value is -13.1. The molecule has 8 heteroatoms. The highest BCUT2D eigenvalue weighted by Crippen LogP contribution is 2.54. The van der Waals surface area contributed by atoms with Crippen LogP contribution in [0, 0.1) is 0 Å². The molecular formula is C110H88BBrN4O2. The zero-order valence-corrected chi connectivity index (χ0v) is 69.1. The van der Waals surface area contributed by atoms with Crippen molar-refractivity contribution in [3.05, 3.63) is 415 Å². The highest BCUT2D eigenvalue weighted by molar-refractivity contribution is 9.10. The number of aromatic nitrogens is 2. The van der Waals surface area contributed by atoms with E-state index in [2.05, 4.69) is 450 Å². The number of benzene rings is 16. The largest absolute Gasteiger partial charge is 0.494 e. The van der Waals surface area contributed by atoms with Crippen LogP contribution in [0.4, 0.5) is 34.1 Å². The average Bonchev–Trinajstić information content (AvgIpc) is 1.57. The van der Waals surface area contributed by atoms with Gasteiger partial charge < -0.3 is 19.1 Å². The van der Waals surface area contributed by atoms with E-state index in [1.807, 2.05) is 24.3 Å². The van der Waals surface area contributed by atoms with Crippen molar-refractivity contribution in [2.24, 2.45) is 0 Å². The predicted molar refractivity (Wildman–Crippen MR) is 500 cm³/mol. The van der Waals surface area contributed by atoms with Gasteiger partial charge in [-0.15, -0.1) is 0 Å². The van der Waals surface area contributed by atoms with Crippen LogP contribution < -0.4 is 15.3 Å². The van der Waals surface area contributed by atoms with Gasteiger partial charge in [-0.05, 0) is 240 Å². The van der Waals surface area contributed by atoms with Gasteiger partial charge in [0.05, 0.1) is 27.9 Å². The van der Waals surface area contributed by atoms with Crippen LogP contribution in [0.3, 0.4) is 0 Å². The third-order valence-corrected chi connectivity index (χ3v) is 25.3. The Morgan fingerprint density at radius 3 is 1.08 bits per heavy atom. The van der Waals surface area contributed by atoms with Gasteiger partial charge in [0.15, 0.2) is 0 Å². The van der Waals surface area contributed by atoms with Gasteiger partial charge in [-0.2, -0.15) is 0 Å². The lowest BCUT2D eigenvalue weighted by molar-refractivity contribution is 0.00578. The SMILES string of the molecule is Brc1nc2ccccc2c2ccccc12.CC1(C)c2ccccc2-c2ccc(N(c3ccc(-c4ccccc4)cc3)c3cccc(-c4cccc(-c5nc6ccccc6c6ccccc56)c4)c3)cc21.CC1(C)c2ccccc2-c2ccc(N(c3ccc(-c4ccccc4)cc3)c3cccc(-c4cccc(B5OC(C)(C)C(C)(C)O5)c4)c3)cc21. The average molecular weight is 1590 g/mol. The molecule has 1 aliphatic heterocycles. The summed E-state index contributed by atoms with van der Waals surface area (Å²) in [5, 5.41) is 7.17. The molecule has 1 saturated heterocycles. The van der Waals surface area contributed by atoms with Gasteiger partial charge in [-0.3, -0.25) is 0 Å². The maximum atomic E-state index is 6.41. The summed E-state index contributed by atoms with van der Waals surface area (Å²) in [5.41, 5.74) is 31.0. The van der Waals surface area contributed by atoms with E-state index < -0.39 is 18.3 Å². The molecule has 0 amide bonds. The van der Waals surface area contributed by atoms with Crippen molar-refractivity contribution in [3.8, 4) is 78.0 Å². The normalized spacial score (nSPS) is 14.2. The summed E-state index contributed by atoms with van der Waals surface area (Å²) in [6, 6.07) is 139. The molecule has 0 N–H and O–H groups in total. The van der Waals surface area contributed by atoms with Crippen LogP contribution in [0.25, 0.3) is 121 Å². The zero-order chi connectivity index (χ0) is 80.4. The fourth-order valence-corrected chi connectivity index (χ4v) is 18.3. The fourth-order valence-electron chi connectivity index (χ4n) is 17.8. The van der Waals surface area contributed by atoms with Gasteiger partial charge in [0.1, 0.15) is 4.60 Å². The summed E-state index contributed by atoms with van der Waals surface area (Å²) in [4.78, 5) is 14.5. The summed E-state index contributed by atoms with van der Waals surface area (Å²) in [7, 11) is -0.411. The first-order valence-corrected chi connectivity index (χ1v) is 41.6. The molecule has 0 radical (unpaired) electrons. The highest BCUT2D eigenvalue weighted by atomic mass is 79.9. The lowest BCUT2D eigenvalue weighted by atomic mass is 9.78. The molecule has 0 bridgehead atoms. The summed E-state index contributed by atoms with van der Waals surface area (Å²) in [6.45, 7) is 17.8. The molecule has 16 aromatic carbocycles. The second kappa shape index (κ2) is 30.5. The molecule has 570 valence electrons. The van der Waals surface area contributed by atoms with Crippen molar-refractivity contribution in [1.29, 1.82) is 0 Å². The monoisotopic (exact) mass is 1590 g/mol. The number of pyridine rings is 2. The number of fused-ring (bicyclic) bond motifs is 12. The summed E-state index contributed by atoms with van der Waals surface area (Å²) >= 11 is 3.51.